The van der Waals surface area contributed by atoms with Crippen molar-refractivity contribution < 1.29 is 17.5 Å². The van der Waals surface area contributed by atoms with E-state index in [2.05, 4.69) is 5.92 Å². The van der Waals surface area contributed by atoms with E-state index < -0.39 is 15.8 Å². The van der Waals surface area contributed by atoms with Gasteiger partial charge < -0.3 is 4.74 Å². The van der Waals surface area contributed by atoms with Gasteiger partial charge in [0.05, 0.1) is 11.5 Å². The molecule has 114 valence electrons. The summed E-state index contributed by atoms with van der Waals surface area (Å²) in [5.41, 5.74) is 0. The van der Waals surface area contributed by atoms with Crippen LogP contribution in [0.5, 0.6) is 0 Å². The van der Waals surface area contributed by atoms with E-state index in [1.165, 1.54) is 22.5 Å². The van der Waals surface area contributed by atoms with Gasteiger partial charge in [0.2, 0.25) is 10.0 Å². The van der Waals surface area contributed by atoms with Crippen LogP contribution in [0.15, 0.2) is 29.2 Å². The second-order valence-corrected chi connectivity index (χ2v) is 6.96. The number of hydrogen-bond donors (Lipinski definition) is 0. The Bertz CT molecular complexity index is 616. The maximum Gasteiger partial charge on any atom is 0.243 e. The van der Waals surface area contributed by atoms with Gasteiger partial charge in [-0.1, -0.05) is 12.0 Å². The number of rotatable bonds is 5. The van der Waals surface area contributed by atoms with Crippen LogP contribution >= 0.6 is 0 Å². The van der Waals surface area contributed by atoms with E-state index in [1.54, 1.807) is 0 Å². The lowest BCUT2D eigenvalue weighted by Crippen LogP contribution is -2.39. The highest BCUT2D eigenvalue weighted by molar-refractivity contribution is 7.89. The third-order valence-electron chi connectivity index (χ3n) is 3.55. The second kappa shape index (κ2) is 7.03. The number of benzene rings is 1. The van der Waals surface area contributed by atoms with E-state index >= 15 is 0 Å². The van der Waals surface area contributed by atoms with E-state index in [4.69, 9.17) is 11.2 Å². The van der Waals surface area contributed by atoms with Crippen molar-refractivity contribution >= 4 is 10.0 Å². The minimum absolute atomic E-state index is 0.00420. The Kier molecular flexibility index (Phi) is 5.34. The molecule has 21 heavy (non-hydrogen) atoms. The number of hydrogen-bond acceptors (Lipinski definition) is 3. The molecule has 1 aromatic carbocycles. The minimum atomic E-state index is -3.61. The van der Waals surface area contributed by atoms with Crippen molar-refractivity contribution in [1.29, 1.82) is 0 Å². The van der Waals surface area contributed by atoms with Crippen LogP contribution in [0.2, 0.25) is 0 Å². The Morgan fingerprint density at radius 1 is 1.38 bits per heavy atom. The van der Waals surface area contributed by atoms with Crippen LogP contribution in [0.4, 0.5) is 4.39 Å². The van der Waals surface area contributed by atoms with Crippen LogP contribution in [0, 0.1) is 24.1 Å². The summed E-state index contributed by atoms with van der Waals surface area (Å²) in [5, 5.41) is 0. The van der Waals surface area contributed by atoms with Crippen LogP contribution in [0.1, 0.15) is 12.8 Å². The molecule has 1 fully saturated rings. The summed E-state index contributed by atoms with van der Waals surface area (Å²) in [6.45, 7) is 1.67. The Morgan fingerprint density at radius 2 is 2.10 bits per heavy atom. The molecular formula is C15H18FNO3S. The molecule has 0 atom stereocenters. The van der Waals surface area contributed by atoms with Crippen LogP contribution < -0.4 is 0 Å². The van der Waals surface area contributed by atoms with E-state index in [1.807, 2.05) is 0 Å². The zero-order valence-corrected chi connectivity index (χ0v) is 12.5. The van der Waals surface area contributed by atoms with Gasteiger partial charge in [-0.25, -0.2) is 12.8 Å². The van der Waals surface area contributed by atoms with Crippen molar-refractivity contribution in [2.24, 2.45) is 5.92 Å². The zero-order chi connectivity index (χ0) is 15.3. The molecule has 0 bridgehead atoms. The average molecular weight is 311 g/mol. The number of sulfonamides is 1. The number of nitrogens with zero attached hydrogens (tertiary/aromatic N) is 1. The van der Waals surface area contributed by atoms with E-state index in [0.717, 1.165) is 18.9 Å². The molecule has 2 rings (SSSR count). The standard InChI is InChI=1S/C15H18FNO3S/c1-2-10-20-12-13-6-8-17(9-7-13)21(18,19)15-5-3-4-14(16)11-15/h1,3-5,11,13H,6-10,12H2. The molecule has 1 heterocycles. The Balaban J connectivity index is 1.97. The van der Waals surface area contributed by atoms with Gasteiger partial charge >= 0.3 is 0 Å². The topological polar surface area (TPSA) is 46.6 Å². The lowest BCUT2D eigenvalue weighted by atomic mass is 9.99. The highest BCUT2D eigenvalue weighted by Crippen LogP contribution is 2.24. The molecule has 1 saturated heterocycles. The summed E-state index contributed by atoms with van der Waals surface area (Å²) in [7, 11) is -3.61. The molecule has 0 unspecified atom stereocenters. The SMILES string of the molecule is C#CCOCC1CCN(S(=O)(=O)c2cccc(F)c2)CC1. The highest BCUT2D eigenvalue weighted by atomic mass is 32.2. The van der Waals surface area contributed by atoms with Crippen LogP contribution in [-0.2, 0) is 14.8 Å². The molecule has 1 aliphatic rings. The normalized spacial score (nSPS) is 17.5. The molecule has 0 amide bonds. The first kappa shape index (κ1) is 16.0. The molecule has 0 aliphatic carbocycles. The van der Waals surface area contributed by atoms with Gasteiger partial charge in [-0.05, 0) is 37.0 Å². The van der Waals surface area contributed by atoms with Crippen LogP contribution in [0.3, 0.4) is 0 Å². The largest absolute Gasteiger partial charge is 0.369 e. The van der Waals surface area contributed by atoms with Gasteiger partial charge in [-0.3, -0.25) is 0 Å². The first-order valence-electron chi connectivity index (χ1n) is 6.81. The van der Waals surface area contributed by atoms with Crippen molar-refractivity contribution in [1.82, 2.24) is 4.31 Å². The number of ether oxygens (including phenoxy) is 1. The molecule has 6 heteroatoms. The highest BCUT2D eigenvalue weighted by Gasteiger charge is 2.29. The maximum absolute atomic E-state index is 13.2. The Morgan fingerprint density at radius 3 is 2.71 bits per heavy atom. The van der Waals surface area contributed by atoms with E-state index in [9.17, 15) is 12.8 Å². The third-order valence-corrected chi connectivity index (χ3v) is 5.44. The first-order chi connectivity index (χ1) is 10.0. The van der Waals surface area contributed by atoms with E-state index in [-0.39, 0.29) is 11.5 Å². The summed E-state index contributed by atoms with van der Waals surface area (Å²) in [5.74, 6) is 2.17. The summed E-state index contributed by atoms with van der Waals surface area (Å²) >= 11 is 0. The zero-order valence-electron chi connectivity index (χ0n) is 11.7. The molecule has 0 spiro atoms. The van der Waals surface area contributed by atoms with Gasteiger partial charge in [0, 0.05) is 13.1 Å². The first-order valence-corrected chi connectivity index (χ1v) is 8.25. The lowest BCUT2D eigenvalue weighted by Gasteiger charge is -2.30. The minimum Gasteiger partial charge on any atom is -0.369 e. The molecule has 0 aromatic heterocycles. The summed E-state index contributed by atoms with van der Waals surface area (Å²) in [6, 6.07) is 5.11. The van der Waals surface area contributed by atoms with Gasteiger partial charge in [-0.15, -0.1) is 6.42 Å². The lowest BCUT2D eigenvalue weighted by molar-refractivity contribution is 0.101. The van der Waals surface area contributed by atoms with Crippen LogP contribution in [-0.4, -0.2) is 39.0 Å². The summed E-state index contributed by atoms with van der Waals surface area (Å²) in [6.07, 6.45) is 6.55. The number of piperidine rings is 1. The van der Waals surface area contributed by atoms with Crippen molar-refractivity contribution in [3.8, 4) is 12.3 Å². The van der Waals surface area contributed by atoms with E-state index in [0.29, 0.717) is 25.6 Å². The Hall–Kier alpha value is -1.42. The van der Waals surface area contributed by atoms with Crippen molar-refractivity contribution in [3.05, 3.63) is 30.1 Å². The smallest absolute Gasteiger partial charge is 0.243 e. The molecule has 1 aliphatic heterocycles. The molecule has 0 N–H and O–H groups in total. The monoisotopic (exact) mass is 311 g/mol. The molecular weight excluding hydrogens is 293 g/mol. The fraction of sp³-hybridized carbons (Fsp3) is 0.467. The average Bonchev–Trinajstić information content (AvgIpc) is 2.48. The number of terminal acetylenes is 1. The van der Waals surface area contributed by atoms with Crippen molar-refractivity contribution in [2.45, 2.75) is 17.7 Å². The third kappa shape index (κ3) is 4.03. The molecule has 0 radical (unpaired) electrons. The van der Waals surface area contributed by atoms with Gasteiger partial charge in [0.25, 0.3) is 0 Å². The van der Waals surface area contributed by atoms with Gasteiger partial charge in [0.1, 0.15) is 12.4 Å². The molecule has 4 nitrogen and oxygen atoms in total. The van der Waals surface area contributed by atoms with Crippen LogP contribution in [0.25, 0.3) is 0 Å². The summed E-state index contributed by atoms with van der Waals surface area (Å²) < 4.78 is 44.7. The Labute approximate surface area is 125 Å². The molecule has 1 aromatic rings. The second-order valence-electron chi connectivity index (χ2n) is 5.02. The van der Waals surface area contributed by atoms with Gasteiger partial charge in [0.15, 0.2) is 0 Å². The fourth-order valence-corrected chi connectivity index (χ4v) is 3.88. The van der Waals surface area contributed by atoms with Crippen molar-refractivity contribution in [3.63, 3.8) is 0 Å². The summed E-state index contributed by atoms with van der Waals surface area (Å²) in [4.78, 5) is 0.00420. The fourth-order valence-electron chi connectivity index (χ4n) is 2.38. The predicted molar refractivity (Wildman–Crippen MR) is 77.5 cm³/mol. The maximum atomic E-state index is 13.2. The number of halogens is 1. The molecule has 0 saturated carbocycles. The van der Waals surface area contributed by atoms with Crippen molar-refractivity contribution in [2.75, 3.05) is 26.3 Å². The predicted octanol–water partition coefficient (Wildman–Crippen LogP) is 1.88. The van der Waals surface area contributed by atoms with Gasteiger partial charge in [-0.2, -0.15) is 4.31 Å². The quantitative estimate of drug-likeness (QED) is 0.616.